The van der Waals surface area contributed by atoms with Crippen LogP contribution < -0.4 is 0 Å². The van der Waals surface area contributed by atoms with E-state index in [0.29, 0.717) is 18.7 Å². The van der Waals surface area contributed by atoms with Crippen molar-refractivity contribution < 1.29 is 17.9 Å². The Morgan fingerprint density at radius 1 is 1.03 bits per heavy atom. The zero-order valence-electron chi connectivity index (χ0n) is 17.3. The number of amides is 1. The Balaban J connectivity index is 1.76. The highest BCUT2D eigenvalue weighted by Gasteiger charge is 2.32. The van der Waals surface area contributed by atoms with Crippen molar-refractivity contribution in [2.45, 2.75) is 43.9 Å². The van der Waals surface area contributed by atoms with Crippen molar-refractivity contribution in [2.24, 2.45) is 0 Å². The molecule has 3 rings (SSSR count). The van der Waals surface area contributed by atoms with E-state index in [1.165, 1.54) is 16.4 Å². The molecule has 1 aliphatic heterocycles. The topological polar surface area (TPSA) is 66.9 Å². The molecule has 3 unspecified atom stereocenters. The molecule has 1 aliphatic rings. The minimum absolute atomic E-state index is 0.0940. The quantitative estimate of drug-likeness (QED) is 0.750. The van der Waals surface area contributed by atoms with Crippen LogP contribution in [0.5, 0.6) is 0 Å². The molecule has 29 heavy (non-hydrogen) atoms. The van der Waals surface area contributed by atoms with Crippen LogP contribution in [0.1, 0.15) is 42.7 Å². The van der Waals surface area contributed by atoms with Crippen molar-refractivity contribution in [1.82, 2.24) is 9.21 Å². The Morgan fingerprint density at radius 2 is 1.59 bits per heavy atom. The van der Waals surface area contributed by atoms with E-state index < -0.39 is 10.0 Å². The number of nitrogens with zero attached hydrogens (tertiary/aromatic N) is 2. The predicted molar refractivity (Wildman–Crippen MR) is 112 cm³/mol. The maximum Gasteiger partial charge on any atom is 0.254 e. The number of ether oxygens (including phenoxy) is 1. The van der Waals surface area contributed by atoms with Crippen molar-refractivity contribution in [1.29, 1.82) is 0 Å². The van der Waals surface area contributed by atoms with Gasteiger partial charge >= 0.3 is 0 Å². The van der Waals surface area contributed by atoms with Crippen LogP contribution >= 0.6 is 0 Å². The second-order valence-electron chi connectivity index (χ2n) is 7.61. The molecule has 0 N–H and O–H groups in total. The van der Waals surface area contributed by atoms with E-state index in [9.17, 15) is 13.2 Å². The van der Waals surface area contributed by atoms with E-state index in [2.05, 4.69) is 0 Å². The number of rotatable bonds is 5. The molecule has 1 heterocycles. The molecule has 0 saturated carbocycles. The highest BCUT2D eigenvalue weighted by Crippen LogP contribution is 2.24. The number of carbonyl (C=O) groups excluding carboxylic acids is 1. The SMILES string of the molecule is CC1CN(S(=O)(=O)c2ccc(C(=O)N(C)C(C)c3ccccc3)cc2)CC(C)O1. The third kappa shape index (κ3) is 4.69. The first-order chi connectivity index (χ1) is 13.7. The van der Waals surface area contributed by atoms with Gasteiger partial charge in [-0.3, -0.25) is 4.79 Å². The summed E-state index contributed by atoms with van der Waals surface area (Å²) >= 11 is 0. The molecule has 2 aromatic rings. The van der Waals surface area contributed by atoms with E-state index in [1.807, 2.05) is 51.1 Å². The molecule has 6 nitrogen and oxygen atoms in total. The van der Waals surface area contributed by atoms with Gasteiger partial charge in [0.2, 0.25) is 10.0 Å². The van der Waals surface area contributed by atoms with E-state index in [0.717, 1.165) is 5.56 Å². The highest BCUT2D eigenvalue weighted by atomic mass is 32.2. The molecule has 1 amide bonds. The van der Waals surface area contributed by atoms with Crippen molar-refractivity contribution in [3.63, 3.8) is 0 Å². The number of hydrogen-bond donors (Lipinski definition) is 0. The van der Waals surface area contributed by atoms with Gasteiger partial charge in [0.05, 0.1) is 23.1 Å². The fourth-order valence-corrected chi connectivity index (χ4v) is 5.17. The van der Waals surface area contributed by atoms with Gasteiger partial charge in [-0.25, -0.2) is 8.42 Å². The van der Waals surface area contributed by atoms with Crippen molar-refractivity contribution in [2.75, 3.05) is 20.1 Å². The number of hydrogen-bond acceptors (Lipinski definition) is 4. The third-order valence-electron chi connectivity index (χ3n) is 5.31. The first-order valence-corrected chi connectivity index (χ1v) is 11.2. The van der Waals surface area contributed by atoms with Gasteiger partial charge in [0, 0.05) is 25.7 Å². The highest BCUT2D eigenvalue weighted by molar-refractivity contribution is 7.89. The average Bonchev–Trinajstić information content (AvgIpc) is 2.72. The van der Waals surface area contributed by atoms with Crippen LogP contribution in [-0.2, 0) is 14.8 Å². The van der Waals surface area contributed by atoms with Gasteiger partial charge in [-0.2, -0.15) is 4.31 Å². The van der Waals surface area contributed by atoms with Gasteiger partial charge in [-0.05, 0) is 50.6 Å². The molecule has 2 aromatic carbocycles. The van der Waals surface area contributed by atoms with Crippen molar-refractivity contribution in [3.05, 3.63) is 65.7 Å². The van der Waals surface area contributed by atoms with Crippen molar-refractivity contribution >= 4 is 15.9 Å². The molecule has 0 aliphatic carbocycles. The average molecular weight is 417 g/mol. The fraction of sp³-hybridized carbons (Fsp3) is 0.409. The Morgan fingerprint density at radius 3 is 2.14 bits per heavy atom. The standard InChI is InChI=1S/C22H28N2O4S/c1-16-14-24(15-17(2)28-16)29(26,27)21-12-10-20(11-13-21)22(25)23(4)18(3)19-8-6-5-7-9-19/h5-13,16-18H,14-15H2,1-4H3. The summed E-state index contributed by atoms with van der Waals surface area (Å²) in [6.45, 7) is 6.34. The lowest BCUT2D eigenvalue weighted by Gasteiger charge is -2.34. The number of morpholine rings is 1. The Hall–Kier alpha value is -2.22. The number of sulfonamides is 1. The summed E-state index contributed by atoms with van der Waals surface area (Å²) in [5.74, 6) is -0.154. The summed E-state index contributed by atoms with van der Waals surface area (Å²) in [4.78, 5) is 14.7. The minimum atomic E-state index is -3.62. The zero-order chi connectivity index (χ0) is 21.2. The van der Waals surface area contributed by atoms with E-state index >= 15 is 0 Å². The molecule has 3 atom stereocenters. The second-order valence-corrected chi connectivity index (χ2v) is 9.54. The predicted octanol–water partition coefficient (Wildman–Crippen LogP) is 3.32. The van der Waals surface area contributed by atoms with Gasteiger partial charge in [0.25, 0.3) is 5.91 Å². The molecule has 7 heteroatoms. The van der Waals surface area contributed by atoms with Crippen LogP contribution in [0.4, 0.5) is 0 Å². The Labute approximate surface area is 173 Å². The second kappa shape index (κ2) is 8.65. The molecule has 0 aromatic heterocycles. The van der Waals surface area contributed by atoms with Gasteiger partial charge in [0.15, 0.2) is 0 Å². The molecule has 0 spiro atoms. The van der Waals surface area contributed by atoms with Crippen LogP contribution in [0.2, 0.25) is 0 Å². The van der Waals surface area contributed by atoms with Crippen LogP contribution in [0.3, 0.4) is 0 Å². The molecule has 1 saturated heterocycles. The number of carbonyl (C=O) groups is 1. The van der Waals surface area contributed by atoms with E-state index in [4.69, 9.17) is 4.74 Å². The smallest absolute Gasteiger partial charge is 0.254 e. The lowest BCUT2D eigenvalue weighted by atomic mass is 10.1. The van der Waals surface area contributed by atoms with E-state index in [-0.39, 0.29) is 29.1 Å². The summed E-state index contributed by atoms with van der Waals surface area (Å²) in [5, 5.41) is 0. The molecule has 156 valence electrons. The molecular formula is C22H28N2O4S. The normalized spacial score (nSPS) is 21.5. The maximum atomic E-state index is 13.0. The van der Waals surface area contributed by atoms with Crippen LogP contribution in [0.25, 0.3) is 0 Å². The molecule has 0 radical (unpaired) electrons. The van der Waals surface area contributed by atoms with Crippen molar-refractivity contribution in [3.8, 4) is 0 Å². The lowest BCUT2D eigenvalue weighted by molar-refractivity contribution is -0.0440. The fourth-order valence-electron chi connectivity index (χ4n) is 3.58. The third-order valence-corrected chi connectivity index (χ3v) is 7.15. The van der Waals surface area contributed by atoms with Gasteiger partial charge in [-0.1, -0.05) is 30.3 Å². The molecular weight excluding hydrogens is 388 g/mol. The minimum Gasteiger partial charge on any atom is -0.373 e. The summed E-state index contributed by atoms with van der Waals surface area (Å²) < 4.78 is 33.0. The van der Waals surface area contributed by atoms with Crippen LogP contribution in [0.15, 0.2) is 59.5 Å². The first-order valence-electron chi connectivity index (χ1n) is 9.78. The monoisotopic (exact) mass is 416 g/mol. The zero-order valence-corrected chi connectivity index (χ0v) is 18.1. The van der Waals surface area contributed by atoms with Gasteiger partial charge in [0.1, 0.15) is 0 Å². The summed E-state index contributed by atoms with van der Waals surface area (Å²) in [6, 6.07) is 15.9. The van der Waals surface area contributed by atoms with Crippen LogP contribution in [-0.4, -0.2) is 55.9 Å². The largest absolute Gasteiger partial charge is 0.373 e. The van der Waals surface area contributed by atoms with Crippen LogP contribution in [0, 0.1) is 0 Å². The van der Waals surface area contributed by atoms with E-state index in [1.54, 1.807) is 24.1 Å². The molecule has 1 fully saturated rings. The first kappa shape index (κ1) is 21.5. The van der Waals surface area contributed by atoms with Gasteiger partial charge < -0.3 is 9.64 Å². The van der Waals surface area contributed by atoms with Gasteiger partial charge in [-0.15, -0.1) is 0 Å². The molecule has 0 bridgehead atoms. The Kier molecular flexibility index (Phi) is 6.41. The summed E-state index contributed by atoms with van der Waals surface area (Å²) in [6.07, 6.45) is -0.301. The number of benzene rings is 2. The summed E-state index contributed by atoms with van der Waals surface area (Å²) in [5.41, 5.74) is 1.50. The lowest BCUT2D eigenvalue weighted by Crippen LogP contribution is -2.48. The summed E-state index contributed by atoms with van der Waals surface area (Å²) in [7, 11) is -1.87. The maximum absolute atomic E-state index is 13.0. The Bertz CT molecular complexity index is 935.